The lowest BCUT2D eigenvalue weighted by Crippen LogP contribution is -1.87. The number of nitrogens with one attached hydrogen (secondary N) is 1. The molecule has 0 bridgehead atoms. The van der Waals surface area contributed by atoms with Crippen molar-refractivity contribution < 1.29 is 9.53 Å². The maximum Gasteiger partial charge on any atom is 0.231 e. The fraction of sp³-hybridized carbons (Fsp3) is 0.857. The summed E-state index contributed by atoms with van der Waals surface area (Å²) in [4.78, 5) is 8.35. The summed E-state index contributed by atoms with van der Waals surface area (Å²) < 4.78 is 5.22. The number of epoxide rings is 1. The molecule has 1 aliphatic heterocycles. The average molecular weight is 143 g/mol. The van der Waals surface area contributed by atoms with Crippen LogP contribution in [-0.2, 0) is 9.53 Å². The van der Waals surface area contributed by atoms with Crippen LogP contribution in [0, 0.1) is 5.41 Å². The van der Waals surface area contributed by atoms with Crippen molar-refractivity contribution in [1.82, 2.24) is 0 Å². The Morgan fingerprint density at radius 1 is 1.40 bits per heavy atom. The normalized spacial score (nSPS) is 27.8. The van der Waals surface area contributed by atoms with Crippen molar-refractivity contribution in [3.05, 3.63) is 0 Å². The van der Waals surface area contributed by atoms with E-state index in [4.69, 9.17) is 14.9 Å². The van der Waals surface area contributed by atoms with Crippen LogP contribution in [0.4, 0.5) is 0 Å². The van der Waals surface area contributed by atoms with Crippen LogP contribution in [0.3, 0.4) is 0 Å². The molecule has 0 spiro atoms. The largest absolute Gasteiger partial charge is 0.370 e. The van der Waals surface area contributed by atoms with Gasteiger partial charge in [0.2, 0.25) is 6.08 Å². The summed E-state index contributed by atoms with van der Waals surface area (Å²) in [6.45, 7) is 4.33. The summed E-state index contributed by atoms with van der Waals surface area (Å²) in [5.74, 6) is 0. The van der Waals surface area contributed by atoms with Crippen LogP contribution >= 0.6 is 0 Å². The van der Waals surface area contributed by atoms with Crippen LogP contribution in [0.5, 0.6) is 0 Å². The molecule has 1 fully saturated rings. The molecular formula is C7H13NO2. The molecule has 58 valence electrons. The lowest BCUT2D eigenvalue weighted by atomic mass is 10.2. The highest BCUT2D eigenvalue weighted by Crippen LogP contribution is 2.26. The van der Waals surface area contributed by atoms with Crippen molar-refractivity contribution in [2.24, 2.45) is 0 Å². The van der Waals surface area contributed by atoms with Gasteiger partial charge in [-0.25, -0.2) is 10.2 Å². The van der Waals surface area contributed by atoms with Crippen LogP contribution in [0.2, 0.25) is 0 Å². The molecule has 0 aromatic carbocycles. The molecule has 2 atom stereocenters. The number of hydrogen-bond donors (Lipinski definition) is 1. The molecular weight excluding hydrogens is 130 g/mol. The predicted octanol–water partition coefficient (Wildman–Crippen LogP) is 1.47. The van der Waals surface area contributed by atoms with Gasteiger partial charge in [-0.05, 0) is 12.8 Å². The van der Waals surface area contributed by atoms with Crippen molar-refractivity contribution >= 4 is 6.08 Å². The van der Waals surface area contributed by atoms with E-state index < -0.39 is 0 Å². The monoisotopic (exact) mass is 143 g/mol. The molecule has 0 amide bonds. The smallest absolute Gasteiger partial charge is 0.231 e. The van der Waals surface area contributed by atoms with Gasteiger partial charge in [0.25, 0.3) is 0 Å². The predicted molar refractivity (Wildman–Crippen MR) is 37.7 cm³/mol. The van der Waals surface area contributed by atoms with E-state index in [0.29, 0.717) is 12.2 Å². The van der Waals surface area contributed by atoms with Gasteiger partial charge in [0.15, 0.2) is 0 Å². The van der Waals surface area contributed by atoms with Crippen LogP contribution in [-0.4, -0.2) is 18.3 Å². The van der Waals surface area contributed by atoms with Gasteiger partial charge in [0.1, 0.15) is 0 Å². The molecule has 1 aliphatic rings. The highest BCUT2D eigenvalue weighted by Gasteiger charge is 2.34. The highest BCUT2D eigenvalue weighted by atomic mass is 16.6. The summed E-state index contributed by atoms with van der Waals surface area (Å²) in [5.41, 5.74) is 0. The molecule has 3 nitrogen and oxygen atoms in total. The van der Waals surface area contributed by atoms with Crippen molar-refractivity contribution in [2.75, 3.05) is 0 Å². The van der Waals surface area contributed by atoms with Crippen LogP contribution < -0.4 is 0 Å². The zero-order chi connectivity index (χ0) is 7.98. The summed E-state index contributed by atoms with van der Waals surface area (Å²) in [7, 11) is 0. The molecule has 1 rings (SSSR count). The SMILES string of the molecule is CCC1OC1CC.N=C=O. The number of ether oxygens (including phenoxy) is 1. The standard InChI is InChI=1S/C6H12O.CHNO/c1-3-5-6(4-2)7-5;2-1-3/h5-6H,3-4H2,1-2H3;2H. The zero-order valence-electron chi connectivity index (χ0n) is 6.39. The van der Waals surface area contributed by atoms with E-state index in [2.05, 4.69) is 13.8 Å². The number of isocyanates is 1. The van der Waals surface area contributed by atoms with Gasteiger partial charge in [0.05, 0.1) is 12.2 Å². The molecule has 2 unspecified atom stereocenters. The van der Waals surface area contributed by atoms with Gasteiger partial charge in [-0.2, -0.15) is 0 Å². The molecule has 0 aliphatic carbocycles. The molecule has 10 heavy (non-hydrogen) atoms. The quantitative estimate of drug-likeness (QED) is 0.361. The average Bonchev–Trinajstić information content (AvgIpc) is 2.67. The van der Waals surface area contributed by atoms with Gasteiger partial charge in [-0.1, -0.05) is 13.8 Å². The Balaban J connectivity index is 0.000000236. The molecule has 1 heterocycles. The van der Waals surface area contributed by atoms with Gasteiger partial charge in [0, 0.05) is 0 Å². The van der Waals surface area contributed by atoms with E-state index in [1.54, 1.807) is 0 Å². The fourth-order valence-corrected chi connectivity index (χ4v) is 0.897. The van der Waals surface area contributed by atoms with Crippen molar-refractivity contribution in [1.29, 1.82) is 5.41 Å². The minimum absolute atomic E-state index is 0.616. The Labute approximate surface area is 60.9 Å². The summed E-state index contributed by atoms with van der Waals surface area (Å²) in [6.07, 6.45) is 4.37. The number of carbonyl (C=O) groups excluding carboxylic acids is 1. The third-order valence-electron chi connectivity index (χ3n) is 1.49. The van der Waals surface area contributed by atoms with E-state index in [1.807, 2.05) is 0 Å². The number of hydrogen-bond acceptors (Lipinski definition) is 3. The Morgan fingerprint density at radius 3 is 1.80 bits per heavy atom. The van der Waals surface area contributed by atoms with Crippen LogP contribution in [0.1, 0.15) is 26.7 Å². The topological polar surface area (TPSA) is 53.5 Å². The second-order valence-electron chi connectivity index (χ2n) is 2.13. The third-order valence-corrected chi connectivity index (χ3v) is 1.49. The summed E-state index contributed by atoms with van der Waals surface area (Å²) in [6, 6.07) is 0. The molecule has 0 radical (unpaired) electrons. The van der Waals surface area contributed by atoms with Crippen molar-refractivity contribution in [2.45, 2.75) is 38.9 Å². The summed E-state index contributed by atoms with van der Waals surface area (Å²) in [5, 5.41) is 5.40. The lowest BCUT2D eigenvalue weighted by molar-refractivity contribution is 0.363. The molecule has 1 saturated heterocycles. The lowest BCUT2D eigenvalue weighted by Gasteiger charge is -1.77. The van der Waals surface area contributed by atoms with E-state index in [1.165, 1.54) is 12.8 Å². The number of rotatable bonds is 2. The minimum atomic E-state index is 0.616. The first-order valence-electron chi connectivity index (χ1n) is 3.49. The van der Waals surface area contributed by atoms with E-state index in [0.717, 1.165) is 6.08 Å². The first-order valence-corrected chi connectivity index (χ1v) is 3.49. The Morgan fingerprint density at radius 2 is 1.70 bits per heavy atom. The maximum absolute atomic E-state index is 8.35. The zero-order valence-corrected chi connectivity index (χ0v) is 6.39. The minimum Gasteiger partial charge on any atom is -0.370 e. The van der Waals surface area contributed by atoms with Crippen LogP contribution in [0.25, 0.3) is 0 Å². The third kappa shape index (κ3) is 3.38. The Bertz CT molecular complexity index is 111. The van der Waals surface area contributed by atoms with Gasteiger partial charge in [-0.15, -0.1) is 0 Å². The fourth-order valence-electron chi connectivity index (χ4n) is 0.897. The van der Waals surface area contributed by atoms with E-state index >= 15 is 0 Å². The molecule has 3 heteroatoms. The Hall–Kier alpha value is -0.660. The maximum atomic E-state index is 8.35. The molecule has 0 saturated carbocycles. The van der Waals surface area contributed by atoms with E-state index in [9.17, 15) is 0 Å². The van der Waals surface area contributed by atoms with Crippen molar-refractivity contribution in [3.8, 4) is 0 Å². The second kappa shape index (κ2) is 5.15. The van der Waals surface area contributed by atoms with Gasteiger partial charge in [-0.3, -0.25) is 0 Å². The van der Waals surface area contributed by atoms with Crippen LogP contribution in [0.15, 0.2) is 0 Å². The molecule has 0 aromatic rings. The summed E-state index contributed by atoms with van der Waals surface area (Å²) >= 11 is 0. The molecule has 1 N–H and O–H groups in total. The van der Waals surface area contributed by atoms with Gasteiger partial charge < -0.3 is 4.74 Å². The first-order chi connectivity index (χ1) is 4.79. The van der Waals surface area contributed by atoms with E-state index in [-0.39, 0.29) is 0 Å². The Kier molecular flexibility index (Phi) is 4.81. The highest BCUT2D eigenvalue weighted by molar-refractivity contribution is 5.26. The second-order valence-corrected chi connectivity index (χ2v) is 2.13. The van der Waals surface area contributed by atoms with Crippen molar-refractivity contribution in [3.63, 3.8) is 0 Å². The molecule has 0 aromatic heterocycles. The van der Waals surface area contributed by atoms with Gasteiger partial charge >= 0.3 is 0 Å². The first kappa shape index (κ1) is 9.34.